The van der Waals surface area contributed by atoms with Gasteiger partial charge in [0.1, 0.15) is 6.04 Å². The molecule has 0 aliphatic heterocycles. The molecule has 5 heteroatoms. The van der Waals surface area contributed by atoms with E-state index in [9.17, 15) is 4.79 Å². The molecule has 0 radical (unpaired) electrons. The van der Waals surface area contributed by atoms with Crippen LogP contribution < -0.4 is 14.8 Å². The predicted octanol–water partition coefficient (Wildman–Crippen LogP) is 2.09. The van der Waals surface area contributed by atoms with Crippen molar-refractivity contribution < 1.29 is 19.4 Å². The molecule has 2 N–H and O–H groups in total. The van der Waals surface area contributed by atoms with Crippen LogP contribution >= 0.6 is 0 Å². The average Bonchev–Trinajstić information content (AvgIpc) is 2.45. The molecular weight excluding hydrogens is 258 g/mol. The molecule has 112 valence electrons. The van der Waals surface area contributed by atoms with E-state index in [1.54, 1.807) is 14.2 Å². The van der Waals surface area contributed by atoms with Gasteiger partial charge in [0.05, 0.1) is 14.2 Å². The van der Waals surface area contributed by atoms with Gasteiger partial charge in [0, 0.05) is 0 Å². The molecule has 1 atom stereocenters. The van der Waals surface area contributed by atoms with Crippen LogP contribution in [0.15, 0.2) is 18.2 Å². The first-order valence-electron chi connectivity index (χ1n) is 6.79. The maximum Gasteiger partial charge on any atom is 0.320 e. The first-order chi connectivity index (χ1) is 9.62. The normalized spacial score (nSPS) is 11.9. The smallest absolute Gasteiger partial charge is 0.320 e. The van der Waals surface area contributed by atoms with Crippen LogP contribution in [0.2, 0.25) is 0 Å². The number of carbonyl (C=O) groups is 1. The molecule has 1 aromatic carbocycles. The third-order valence-corrected chi connectivity index (χ3v) is 3.13. The number of aliphatic carboxylic acids is 1. The largest absolute Gasteiger partial charge is 0.493 e. The highest BCUT2D eigenvalue weighted by Crippen LogP contribution is 2.27. The van der Waals surface area contributed by atoms with E-state index in [1.165, 1.54) is 0 Å². The number of benzene rings is 1. The summed E-state index contributed by atoms with van der Waals surface area (Å²) < 4.78 is 10.4. The van der Waals surface area contributed by atoms with Gasteiger partial charge in [0.25, 0.3) is 0 Å². The summed E-state index contributed by atoms with van der Waals surface area (Å²) in [5, 5.41) is 12.1. The van der Waals surface area contributed by atoms with E-state index >= 15 is 0 Å². The Morgan fingerprint density at radius 3 is 2.55 bits per heavy atom. The zero-order chi connectivity index (χ0) is 15.0. The van der Waals surface area contributed by atoms with Gasteiger partial charge in [-0.3, -0.25) is 4.79 Å². The SMILES string of the molecule is CCCC(NCCc1ccc(OC)c(OC)c1)C(=O)O. The van der Waals surface area contributed by atoms with E-state index in [-0.39, 0.29) is 0 Å². The van der Waals surface area contributed by atoms with Crippen LogP contribution in [0, 0.1) is 0 Å². The molecule has 0 fully saturated rings. The van der Waals surface area contributed by atoms with E-state index in [0.717, 1.165) is 18.4 Å². The molecule has 0 saturated heterocycles. The monoisotopic (exact) mass is 281 g/mol. The van der Waals surface area contributed by atoms with Crippen LogP contribution in [0.1, 0.15) is 25.3 Å². The fraction of sp³-hybridized carbons (Fsp3) is 0.533. The molecule has 0 saturated carbocycles. The zero-order valence-corrected chi connectivity index (χ0v) is 12.3. The van der Waals surface area contributed by atoms with Gasteiger partial charge < -0.3 is 19.9 Å². The molecule has 0 aliphatic rings. The molecular formula is C15H23NO4. The molecule has 1 unspecified atom stereocenters. The van der Waals surface area contributed by atoms with Crippen molar-refractivity contribution in [3.8, 4) is 11.5 Å². The van der Waals surface area contributed by atoms with Crippen LogP contribution in [0.4, 0.5) is 0 Å². The fourth-order valence-electron chi connectivity index (χ4n) is 2.03. The number of rotatable bonds is 9. The Balaban J connectivity index is 2.55. The fourth-order valence-corrected chi connectivity index (χ4v) is 2.03. The van der Waals surface area contributed by atoms with Gasteiger partial charge in [-0.25, -0.2) is 0 Å². The summed E-state index contributed by atoms with van der Waals surface area (Å²) in [7, 11) is 3.20. The van der Waals surface area contributed by atoms with E-state index in [4.69, 9.17) is 14.6 Å². The van der Waals surface area contributed by atoms with Crippen LogP contribution in [0.5, 0.6) is 11.5 Å². The van der Waals surface area contributed by atoms with Crippen molar-refractivity contribution in [2.24, 2.45) is 0 Å². The zero-order valence-electron chi connectivity index (χ0n) is 12.3. The third-order valence-electron chi connectivity index (χ3n) is 3.13. The molecule has 0 aliphatic carbocycles. The second kappa shape index (κ2) is 8.43. The number of hydrogen-bond donors (Lipinski definition) is 2. The van der Waals surface area contributed by atoms with Crippen molar-refractivity contribution in [3.05, 3.63) is 23.8 Å². The lowest BCUT2D eigenvalue weighted by Gasteiger charge is -2.14. The Morgan fingerprint density at radius 2 is 2.00 bits per heavy atom. The lowest BCUT2D eigenvalue weighted by atomic mass is 10.1. The highest BCUT2D eigenvalue weighted by atomic mass is 16.5. The van der Waals surface area contributed by atoms with Crippen molar-refractivity contribution in [1.82, 2.24) is 5.32 Å². The minimum Gasteiger partial charge on any atom is -0.493 e. The Bertz CT molecular complexity index is 434. The summed E-state index contributed by atoms with van der Waals surface area (Å²) in [5.74, 6) is 0.589. The predicted molar refractivity (Wildman–Crippen MR) is 77.6 cm³/mol. The summed E-state index contributed by atoms with van der Waals surface area (Å²) in [6, 6.07) is 5.25. The Kier molecular flexibility index (Phi) is 6.87. The van der Waals surface area contributed by atoms with E-state index in [2.05, 4.69) is 5.32 Å². The molecule has 0 spiro atoms. The van der Waals surface area contributed by atoms with Crippen LogP contribution in [-0.2, 0) is 11.2 Å². The lowest BCUT2D eigenvalue weighted by Crippen LogP contribution is -2.37. The van der Waals surface area contributed by atoms with Gasteiger partial charge >= 0.3 is 5.97 Å². The van der Waals surface area contributed by atoms with Gasteiger partial charge in [-0.1, -0.05) is 19.4 Å². The van der Waals surface area contributed by atoms with E-state index < -0.39 is 12.0 Å². The summed E-state index contributed by atoms with van der Waals surface area (Å²) in [4.78, 5) is 11.0. The summed E-state index contributed by atoms with van der Waals surface area (Å²) in [5.41, 5.74) is 1.08. The molecule has 0 heterocycles. The van der Waals surface area contributed by atoms with Crippen LogP contribution in [0.3, 0.4) is 0 Å². The Labute approximate surface area is 119 Å². The number of carboxylic acids is 1. The van der Waals surface area contributed by atoms with Gasteiger partial charge in [-0.05, 0) is 37.1 Å². The average molecular weight is 281 g/mol. The topological polar surface area (TPSA) is 67.8 Å². The molecule has 1 aromatic rings. The highest BCUT2D eigenvalue weighted by Gasteiger charge is 2.14. The molecule has 1 rings (SSSR count). The van der Waals surface area contributed by atoms with Crippen molar-refractivity contribution in [3.63, 3.8) is 0 Å². The van der Waals surface area contributed by atoms with Crippen molar-refractivity contribution >= 4 is 5.97 Å². The molecule has 0 aromatic heterocycles. The van der Waals surface area contributed by atoms with Crippen molar-refractivity contribution in [1.29, 1.82) is 0 Å². The van der Waals surface area contributed by atoms with Crippen molar-refractivity contribution in [2.75, 3.05) is 20.8 Å². The quantitative estimate of drug-likeness (QED) is 0.725. The minimum absolute atomic E-state index is 0.472. The Morgan fingerprint density at radius 1 is 1.30 bits per heavy atom. The number of carboxylic acid groups (broad SMARTS) is 1. The van der Waals surface area contributed by atoms with Gasteiger partial charge in [-0.2, -0.15) is 0 Å². The third kappa shape index (κ3) is 4.74. The lowest BCUT2D eigenvalue weighted by molar-refractivity contribution is -0.139. The minimum atomic E-state index is -0.792. The van der Waals surface area contributed by atoms with Crippen LogP contribution in [-0.4, -0.2) is 37.9 Å². The number of methoxy groups -OCH3 is 2. The molecule has 5 nitrogen and oxygen atoms in total. The molecule has 0 bridgehead atoms. The number of ether oxygens (including phenoxy) is 2. The highest BCUT2D eigenvalue weighted by molar-refractivity contribution is 5.73. The number of nitrogens with one attached hydrogen (secondary N) is 1. The second-order valence-corrected chi connectivity index (χ2v) is 4.57. The van der Waals surface area contributed by atoms with Gasteiger partial charge in [0.15, 0.2) is 11.5 Å². The first kappa shape index (κ1) is 16.3. The van der Waals surface area contributed by atoms with Crippen LogP contribution in [0.25, 0.3) is 0 Å². The Hall–Kier alpha value is -1.75. The maximum atomic E-state index is 11.0. The van der Waals surface area contributed by atoms with Crippen molar-refractivity contribution in [2.45, 2.75) is 32.2 Å². The van der Waals surface area contributed by atoms with Gasteiger partial charge in [-0.15, -0.1) is 0 Å². The number of hydrogen-bond acceptors (Lipinski definition) is 4. The summed E-state index contributed by atoms with van der Waals surface area (Å²) in [6.07, 6.45) is 2.23. The standard InChI is InChI=1S/C15H23NO4/c1-4-5-12(15(17)18)16-9-8-11-6-7-13(19-2)14(10-11)20-3/h6-7,10,12,16H,4-5,8-9H2,1-3H3,(H,17,18). The second-order valence-electron chi connectivity index (χ2n) is 4.57. The van der Waals surface area contributed by atoms with E-state index in [0.29, 0.717) is 24.5 Å². The molecule has 20 heavy (non-hydrogen) atoms. The summed E-state index contributed by atoms with van der Waals surface area (Å²) in [6.45, 7) is 2.60. The maximum absolute atomic E-state index is 11.0. The first-order valence-corrected chi connectivity index (χ1v) is 6.79. The summed E-state index contributed by atoms with van der Waals surface area (Å²) >= 11 is 0. The van der Waals surface area contributed by atoms with Gasteiger partial charge in [0.2, 0.25) is 0 Å². The van der Waals surface area contributed by atoms with E-state index in [1.807, 2.05) is 25.1 Å². The molecule has 0 amide bonds.